The number of fused-ring (bicyclic) bond motifs is 1. The van der Waals surface area contributed by atoms with Gasteiger partial charge in [-0.3, -0.25) is 4.98 Å². The van der Waals surface area contributed by atoms with Crippen LogP contribution < -0.4 is 0 Å². The van der Waals surface area contributed by atoms with Crippen LogP contribution in [0.15, 0.2) is 53.3 Å². The molecular formula is C14H11BrN2. The molecule has 0 saturated carbocycles. The van der Waals surface area contributed by atoms with Crippen LogP contribution in [0.5, 0.6) is 0 Å². The monoisotopic (exact) mass is 286 g/mol. The molecule has 1 aromatic carbocycles. The Morgan fingerprint density at radius 3 is 2.88 bits per heavy atom. The van der Waals surface area contributed by atoms with Gasteiger partial charge in [0.2, 0.25) is 0 Å². The maximum absolute atomic E-state index is 4.33. The second-order valence-electron chi connectivity index (χ2n) is 4.00. The number of halogens is 1. The second kappa shape index (κ2) is 4.00. The fourth-order valence-corrected chi connectivity index (χ4v) is 2.43. The van der Waals surface area contributed by atoms with E-state index in [1.54, 1.807) is 0 Å². The molecule has 0 spiro atoms. The van der Waals surface area contributed by atoms with Crippen molar-refractivity contribution in [3.05, 3.63) is 59.0 Å². The standard InChI is InChI=1S/C14H11BrN2/c1-10-13(3-2-7-16-10)17-8-6-11-9-12(15)4-5-14(11)17/h2-9H,1H3. The van der Waals surface area contributed by atoms with Crippen LogP contribution in [-0.2, 0) is 0 Å². The Bertz CT molecular complexity index is 686. The van der Waals surface area contributed by atoms with Crippen LogP contribution in [0.2, 0.25) is 0 Å². The lowest BCUT2D eigenvalue weighted by molar-refractivity contribution is 1.05. The molecule has 17 heavy (non-hydrogen) atoms. The number of rotatable bonds is 1. The van der Waals surface area contributed by atoms with Crippen LogP contribution in [-0.4, -0.2) is 9.55 Å². The van der Waals surface area contributed by atoms with Crippen LogP contribution in [0.1, 0.15) is 5.69 Å². The minimum atomic E-state index is 1.04. The Hall–Kier alpha value is -1.61. The van der Waals surface area contributed by atoms with Crippen molar-refractivity contribution < 1.29 is 0 Å². The normalized spacial score (nSPS) is 10.9. The third kappa shape index (κ3) is 1.76. The van der Waals surface area contributed by atoms with Crippen LogP contribution in [0.4, 0.5) is 0 Å². The summed E-state index contributed by atoms with van der Waals surface area (Å²) >= 11 is 3.49. The summed E-state index contributed by atoms with van der Waals surface area (Å²) in [5.74, 6) is 0. The Morgan fingerprint density at radius 1 is 1.18 bits per heavy atom. The highest BCUT2D eigenvalue weighted by Crippen LogP contribution is 2.24. The van der Waals surface area contributed by atoms with E-state index in [2.05, 4.69) is 62.0 Å². The number of benzene rings is 1. The van der Waals surface area contributed by atoms with E-state index in [-0.39, 0.29) is 0 Å². The minimum absolute atomic E-state index is 1.04. The van der Waals surface area contributed by atoms with E-state index < -0.39 is 0 Å². The Labute approximate surface area is 108 Å². The van der Waals surface area contributed by atoms with Crippen LogP contribution in [0, 0.1) is 6.92 Å². The van der Waals surface area contributed by atoms with Gasteiger partial charge in [-0.1, -0.05) is 15.9 Å². The lowest BCUT2D eigenvalue weighted by atomic mass is 10.2. The molecule has 0 amide bonds. The summed E-state index contributed by atoms with van der Waals surface area (Å²) in [5.41, 5.74) is 3.36. The Balaban J connectivity index is 2.29. The second-order valence-corrected chi connectivity index (χ2v) is 4.91. The topological polar surface area (TPSA) is 17.8 Å². The number of hydrogen-bond donors (Lipinski definition) is 0. The summed E-state index contributed by atoms with van der Waals surface area (Å²) in [6.45, 7) is 2.03. The Morgan fingerprint density at radius 2 is 2.06 bits per heavy atom. The molecular weight excluding hydrogens is 276 g/mol. The first-order chi connectivity index (χ1) is 8.25. The molecule has 0 aliphatic heterocycles. The van der Waals surface area contributed by atoms with Crippen molar-refractivity contribution in [1.82, 2.24) is 9.55 Å². The van der Waals surface area contributed by atoms with E-state index in [0.717, 1.165) is 15.9 Å². The molecule has 84 valence electrons. The molecule has 0 aliphatic rings. The van der Waals surface area contributed by atoms with Gasteiger partial charge in [0.05, 0.1) is 16.9 Å². The lowest BCUT2D eigenvalue weighted by Gasteiger charge is -2.07. The van der Waals surface area contributed by atoms with Crippen molar-refractivity contribution in [2.24, 2.45) is 0 Å². The molecule has 0 unspecified atom stereocenters. The number of aromatic nitrogens is 2. The molecule has 2 heterocycles. The van der Waals surface area contributed by atoms with E-state index in [1.165, 1.54) is 10.9 Å². The third-order valence-corrected chi connectivity index (χ3v) is 3.38. The molecule has 3 rings (SSSR count). The van der Waals surface area contributed by atoms with Crippen molar-refractivity contribution in [2.75, 3.05) is 0 Å². The Kier molecular flexibility index (Phi) is 2.48. The van der Waals surface area contributed by atoms with Crippen LogP contribution in [0.3, 0.4) is 0 Å². The van der Waals surface area contributed by atoms with Gasteiger partial charge in [0.1, 0.15) is 0 Å². The highest BCUT2D eigenvalue weighted by molar-refractivity contribution is 9.10. The summed E-state index contributed by atoms with van der Waals surface area (Å²) in [4.78, 5) is 4.33. The molecule has 2 nitrogen and oxygen atoms in total. The SMILES string of the molecule is Cc1ncccc1-n1ccc2cc(Br)ccc21. The van der Waals surface area contributed by atoms with Gasteiger partial charge in [0.25, 0.3) is 0 Å². The smallest absolute Gasteiger partial charge is 0.0668 e. The van der Waals surface area contributed by atoms with E-state index >= 15 is 0 Å². The van der Waals surface area contributed by atoms with Gasteiger partial charge >= 0.3 is 0 Å². The zero-order valence-corrected chi connectivity index (χ0v) is 11.0. The average molecular weight is 287 g/mol. The number of hydrogen-bond acceptors (Lipinski definition) is 1. The number of aryl methyl sites for hydroxylation is 1. The molecule has 3 heteroatoms. The first-order valence-corrected chi connectivity index (χ1v) is 6.23. The fraction of sp³-hybridized carbons (Fsp3) is 0.0714. The van der Waals surface area contributed by atoms with Crippen molar-refractivity contribution in [3.63, 3.8) is 0 Å². The highest BCUT2D eigenvalue weighted by Gasteiger charge is 2.05. The molecule has 0 atom stereocenters. The molecule has 0 saturated heterocycles. The third-order valence-electron chi connectivity index (χ3n) is 2.89. The van der Waals surface area contributed by atoms with Crippen molar-refractivity contribution >= 4 is 26.8 Å². The predicted octanol–water partition coefficient (Wildman–Crippen LogP) is 4.10. The van der Waals surface area contributed by atoms with E-state index in [4.69, 9.17) is 0 Å². The van der Waals surface area contributed by atoms with E-state index in [0.29, 0.717) is 0 Å². The van der Waals surface area contributed by atoms with Gasteiger partial charge in [-0.25, -0.2) is 0 Å². The largest absolute Gasteiger partial charge is 0.315 e. The minimum Gasteiger partial charge on any atom is -0.315 e. The van der Waals surface area contributed by atoms with Crippen LogP contribution in [0.25, 0.3) is 16.6 Å². The van der Waals surface area contributed by atoms with E-state index in [9.17, 15) is 0 Å². The molecule has 3 aromatic rings. The fourth-order valence-electron chi connectivity index (χ4n) is 2.05. The maximum Gasteiger partial charge on any atom is 0.0668 e. The summed E-state index contributed by atoms with van der Waals surface area (Å²) in [5, 5.41) is 1.22. The summed E-state index contributed by atoms with van der Waals surface area (Å²) in [6.07, 6.45) is 3.90. The molecule has 2 aromatic heterocycles. The first kappa shape index (κ1) is 10.5. The predicted molar refractivity (Wildman–Crippen MR) is 73.5 cm³/mol. The molecule has 0 fully saturated rings. The van der Waals surface area contributed by atoms with Gasteiger partial charge in [0.15, 0.2) is 0 Å². The molecule has 0 radical (unpaired) electrons. The van der Waals surface area contributed by atoms with Crippen molar-refractivity contribution in [2.45, 2.75) is 6.92 Å². The van der Waals surface area contributed by atoms with Gasteiger partial charge < -0.3 is 4.57 Å². The zero-order valence-electron chi connectivity index (χ0n) is 9.39. The number of nitrogens with zero attached hydrogens (tertiary/aromatic N) is 2. The van der Waals surface area contributed by atoms with Gasteiger partial charge in [0, 0.05) is 22.3 Å². The van der Waals surface area contributed by atoms with Crippen LogP contribution >= 0.6 is 15.9 Å². The molecule has 0 bridgehead atoms. The summed E-state index contributed by atoms with van der Waals surface area (Å²) in [6, 6.07) is 12.5. The van der Waals surface area contributed by atoms with Gasteiger partial charge in [-0.15, -0.1) is 0 Å². The quantitative estimate of drug-likeness (QED) is 0.659. The van der Waals surface area contributed by atoms with Crippen molar-refractivity contribution in [1.29, 1.82) is 0 Å². The highest BCUT2D eigenvalue weighted by atomic mass is 79.9. The summed E-state index contributed by atoms with van der Waals surface area (Å²) in [7, 11) is 0. The maximum atomic E-state index is 4.33. The zero-order chi connectivity index (χ0) is 11.8. The lowest BCUT2D eigenvalue weighted by Crippen LogP contribution is -1.96. The van der Waals surface area contributed by atoms with Crippen molar-refractivity contribution in [3.8, 4) is 5.69 Å². The van der Waals surface area contributed by atoms with Gasteiger partial charge in [-0.05, 0) is 43.3 Å². The molecule has 0 aliphatic carbocycles. The number of pyridine rings is 1. The van der Waals surface area contributed by atoms with Gasteiger partial charge in [-0.2, -0.15) is 0 Å². The molecule has 0 N–H and O–H groups in total. The van der Waals surface area contributed by atoms with E-state index in [1.807, 2.05) is 19.2 Å². The summed E-state index contributed by atoms with van der Waals surface area (Å²) < 4.78 is 3.27. The average Bonchev–Trinajstić information content (AvgIpc) is 2.72. The first-order valence-electron chi connectivity index (χ1n) is 5.44.